The highest BCUT2D eigenvalue weighted by atomic mass is 16.7. The number of hydrogen-bond acceptors (Lipinski definition) is 3. The second kappa shape index (κ2) is 5.72. The summed E-state index contributed by atoms with van der Waals surface area (Å²) in [5.74, 6) is 0.978. The predicted octanol–water partition coefficient (Wildman–Crippen LogP) is 2.71. The molecule has 0 aromatic heterocycles. The third kappa shape index (κ3) is 2.85. The van der Waals surface area contributed by atoms with Crippen molar-refractivity contribution < 1.29 is 14.2 Å². The van der Waals surface area contributed by atoms with Crippen molar-refractivity contribution in [2.75, 3.05) is 19.8 Å². The fourth-order valence-corrected chi connectivity index (χ4v) is 2.61. The van der Waals surface area contributed by atoms with Crippen LogP contribution in [0.3, 0.4) is 0 Å². The summed E-state index contributed by atoms with van der Waals surface area (Å²) >= 11 is 0. The lowest BCUT2D eigenvalue weighted by atomic mass is 10.1. The average molecular weight is 248 g/mol. The predicted molar refractivity (Wildman–Crippen MR) is 68.9 cm³/mol. The molecule has 0 bridgehead atoms. The monoisotopic (exact) mass is 248 g/mol. The van der Waals surface area contributed by atoms with Crippen molar-refractivity contribution in [1.82, 2.24) is 0 Å². The van der Waals surface area contributed by atoms with Gasteiger partial charge in [0.25, 0.3) is 0 Å². The van der Waals surface area contributed by atoms with Gasteiger partial charge in [-0.2, -0.15) is 0 Å². The van der Waals surface area contributed by atoms with Crippen molar-refractivity contribution in [3.05, 3.63) is 29.3 Å². The van der Waals surface area contributed by atoms with Gasteiger partial charge < -0.3 is 14.2 Å². The Labute approximate surface area is 108 Å². The standard InChI is InChI=1S/C15H20O3/c1-3-12-5-6-14(11-13(12)4-1)16-10-7-15-17-8-2-9-18-15/h5-6,11,15H,1-4,7-10H2. The first-order valence-corrected chi connectivity index (χ1v) is 6.89. The highest BCUT2D eigenvalue weighted by Crippen LogP contribution is 2.26. The first-order valence-electron chi connectivity index (χ1n) is 6.89. The Balaban J connectivity index is 1.48. The maximum Gasteiger partial charge on any atom is 0.160 e. The molecule has 0 saturated carbocycles. The summed E-state index contributed by atoms with van der Waals surface area (Å²) in [6, 6.07) is 6.46. The maximum atomic E-state index is 5.77. The summed E-state index contributed by atoms with van der Waals surface area (Å²) in [7, 11) is 0. The van der Waals surface area contributed by atoms with E-state index in [4.69, 9.17) is 14.2 Å². The summed E-state index contributed by atoms with van der Waals surface area (Å²) < 4.78 is 16.7. The van der Waals surface area contributed by atoms with Gasteiger partial charge in [-0.25, -0.2) is 0 Å². The molecule has 1 aliphatic heterocycles. The van der Waals surface area contributed by atoms with Gasteiger partial charge in [0.05, 0.1) is 19.8 Å². The van der Waals surface area contributed by atoms with Crippen LogP contribution in [0.4, 0.5) is 0 Å². The molecule has 98 valence electrons. The number of fused-ring (bicyclic) bond motifs is 1. The lowest BCUT2D eigenvalue weighted by molar-refractivity contribution is -0.183. The van der Waals surface area contributed by atoms with Crippen molar-refractivity contribution in [1.29, 1.82) is 0 Å². The molecule has 0 unspecified atom stereocenters. The van der Waals surface area contributed by atoms with Crippen molar-refractivity contribution in [3.63, 3.8) is 0 Å². The van der Waals surface area contributed by atoms with E-state index in [2.05, 4.69) is 18.2 Å². The molecule has 1 saturated heterocycles. The lowest BCUT2D eigenvalue weighted by Crippen LogP contribution is -2.26. The van der Waals surface area contributed by atoms with Crippen molar-refractivity contribution in [2.45, 2.75) is 38.4 Å². The van der Waals surface area contributed by atoms with E-state index in [-0.39, 0.29) is 6.29 Å². The fraction of sp³-hybridized carbons (Fsp3) is 0.600. The number of hydrogen-bond donors (Lipinski definition) is 0. The van der Waals surface area contributed by atoms with Crippen LogP contribution in [0, 0.1) is 0 Å². The Bertz CT molecular complexity index is 397. The molecular formula is C15H20O3. The molecule has 1 aromatic rings. The van der Waals surface area contributed by atoms with Crippen molar-refractivity contribution in [2.24, 2.45) is 0 Å². The van der Waals surface area contributed by atoms with Crippen molar-refractivity contribution in [3.8, 4) is 5.75 Å². The van der Waals surface area contributed by atoms with E-state index in [9.17, 15) is 0 Å². The molecule has 1 heterocycles. The van der Waals surface area contributed by atoms with Crippen LogP contribution >= 0.6 is 0 Å². The quantitative estimate of drug-likeness (QED) is 0.820. The molecule has 0 atom stereocenters. The largest absolute Gasteiger partial charge is 0.493 e. The number of aryl methyl sites for hydroxylation is 2. The third-order valence-corrected chi connectivity index (χ3v) is 3.59. The van der Waals surface area contributed by atoms with E-state index in [0.29, 0.717) is 6.61 Å². The van der Waals surface area contributed by atoms with Crippen LogP contribution in [-0.4, -0.2) is 26.1 Å². The van der Waals surface area contributed by atoms with Crippen molar-refractivity contribution >= 4 is 0 Å². The molecule has 3 nitrogen and oxygen atoms in total. The molecule has 3 heteroatoms. The number of ether oxygens (including phenoxy) is 3. The Morgan fingerprint density at radius 1 is 1.06 bits per heavy atom. The summed E-state index contributed by atoms with van der Waals surface area (Å²) in [6.07, 6.45) is 5.43. The molecule has 1 aromatic carbocycles. The van der Waals surface area contributed by atoms with Gasteiger partial charge in [-0.3, -0.25) is 0 Å². The highest BCUT2D eigenvalue weighted by Gasteiger charge is 2.14. The molecule has 18 heavy (non-hydrogen) atoms. The zero-order chi connectivity index (χ0) is 12.2. The first kappa shape index (κ1) is 12.0. The topological polar surface area (TPSA) is 27.7 Å². The first-order chi connectivity index (χ1) is 8.92. The number of rotatable bonds is 4. The molecule has 1 aliphatic carbocycles. The fourth-order valence-electron chi connectivity index (χ4n) is 2.61. The van der Waals surface area contributed by atoms with Crippen LogP contribution in [-0.2, 0) is 22.3 Å². The minimum Gasteiger partial charge on any atom is -0.493 e. The second-order valence-corrected chi connectivity index (χ2v) is 4.95. The van der Waals surface area contributed by atoms with E-state index >= 15 is 0 Å². The Kier molecular flexibility index (Phi) is 3.81. The van der Waals surface area contributed by atoms with Gasteiger partial charge in [-0.05, 0) is 48.9 Å². The van der Waals surface area contributed by atoms with Gasteiger partial charge in [0.15, 0.2) is 6.29 Å². The zero-order valence-electron chi connectivity index (χ0n) is 10.7. The summed E-state index contributed by atoms with van der Waals surface area (Å²) in [4.78, 5) is 0. The zero-order valence-corrected chi connectivity index (χ0v) is 10.7. The van der Waals surface area contributed by atoms with E-state index in [0.717, 1.165) is 31.8 Å². The average Bonchev–Trinajstić information content (AvgIpc) is 2.87. The Morgan fingerprint density at radius 3 is 2.78 bits per heavy atom. The highest BCUT2D eigenvalue weighted by molar-refractivity contribution is 5.38. The van der Waals surface area contributed by atoms with Gasteiger partial charge in [0.1, 0.15) is 5.75 Å². The van der Waals surface area contributed by atoms with Crippen LogP contribution in [0.25, 0.3) is 0 Å². The van der Waals surface area contributed by atoms with Crippen LogP contribution in [0.1, 0.15) is 30.4 Å². The molecule has 0 N–H and O–H groups in total. The normalized spacial score (nSPS) is 19.8. The van der Waals surface area contributed by atoms with Crippen LogP contribution in [0.2, 0.25) is 0 Å². The molecule has 0 amide bonds. The van der Waals surface area contributed by atoms with Gasteiger partial charge in [-0.15, -0.1) is 0 Å². The lowest BCUT2D eigenvalue weighted by Gasteiger charge is -2.23. The molecule has 2 aliphatic rings. The van der Waals surface area contributed by atoms with Gasteiger partial charge in [0, 0.05) is 6.42 Å². The van der Waals surface area contributed by atoms with Gasteiger partial charge >= 0.3 is 0 Å². The van der Waals surface area contributed by atoms with E-state index in [1.165, 1.54) is 30.4 Å². The Morgan fingerprint density at radius 2 is 1.89 bits per heavy atom. The minimum atomic E-state index is -0.0758. The SMILES string of the molecule is c1cc2c(cc1OCCC1OCCCO1)CCC2. The van der Waals surface area contributed by atoms with E-state index in [1.54, 1.807) is 0 Å². The smallest absolute Gasteiger partial charge is 0.160 e. The molecule has 0 radical (unpaired) electrons. The van der Waals surface area contributed by atoms with E-state index < -0.39 is 0 Å². The Hall–Kier alpha value is -1.06. The molecule has 3 rings (SSSR count). The maximum absolute atomic E-state index is 5.77. The molecular weight excluding hydrogens is 228 g/mol. The van der Waals surface area contributed by atoms with E-state index in [1.807, 2.05) is 0 Å². The number of benzene rings is 1. The third-order valence-electron chi connectivity index (χ3n) is 3.59. The van der Waals surface area contributed by atoms with Gasteiger partial charge in [0.2, 0.25) is 0 Å². The summed E-state index contributed by atoms with van der Waals surface area (Å²) in [6.45, 7) is 2.27. The van der Waals surface area contributed by atoms with Crippen LogP contribution in [0.5, 0.6) is 5.75 Å². The molecule has 0 spiro atoms. The molecule has 1 fully saturated rings. The summed E-state index contributed by atoms with van der Waals surface area (Å²) in [5, 5.41) is 0. The van der Waals surface area contributed by atoms with Crippen LogP contribution in [0.15, 0.2) is 18.2 Å². The van der Waals surface area contributed by atoms with Crippen LogP contribution < -0.4 is 4.74 Å². The summed E-state index contributed by atoms with van der Waals surface area (Å²) in [5.41, 5.74) is 2.94. The second-order valence-electron chi connectivity index (χ2n) is 4.95. The minimum absolute atomic E-state index is 0.0758. The van der Waals surface area contributed by atoms with Gasteiger partial charge in [-0.1, -0.05) is 6.07 Å².